The number of thiophene rings is 2. The minimum Gasteiger partial charge on any atom is -0.365 e. The number of hydrogen-bond acceptors (Lipinski definition) is 7. The van der Waals surface area contributed by atoms with Crippen LogP contribution in [0.3, 0.4) is 0 Å². The molecule has 8 nitrogen and oxygen atoms in total. The van der Waals surface area contributed by atoms with Crippen molar-refractivity contribution in [1.82, 2.24) is 19.6 Å². The molecule has 0 aliphatic heterocycles. The van der Waals surface area contributed by atoms with Gasteiger partial charge in [-0.15, -0.1) is 22.7 Å². The van der Waals surface area contributed by atoms with Crippen molar-refractivity contribution in [2.24, 2.45) is 5.73 Å². The van der Waals surface area contributed by atoms with Gasteiger partial charge in [-0.05, 0) is 34.7 Å². The van der Waals surface area contributed by atoms with Gasteiger partial charge in [-0.1, -0.05) is 36.4 Å². The van der Waals surface area contributed by atoms with Gasteiger partial charge in [0.25, 0.3) is 11.8 Å². The fourth-order valence-corrected chi connectivity index (χ4v) is 5.97. The molecule has 0 radical (unpaired) electrons. The standard InChI is InChI=1S/C26H15F3N6O2S2/c27-26(28,29)18-11-14(13-5-2-1-3-6-13)19-20(21(22(30)36)39-25(19)33-18)34-24(37)15-12-32-35-16(8-9-31-23(15)35)17-7-4-10-38-17/h1-12H,(H2,30,36)(H,34,37). The van der Waals surface area contributed by atoms with Gasteiger partial charge >= 0.3 is 6.18 Å². The molecule has 39 heavy (non-hydrogen) atoms. The average Bonchev–Trinajstić information content (AvgIpc) is 3.67. The molecule has 0 spiro atoms. The topological polar surface area (TPSA) is 115 Å². The summed E-state index contributed by atoms with van der Waals surface area (Å²) in [5.74, 6) is -1.58. The highest BCUT2D eigenvalue weighted by atomic mass is 32.1. The maximum atomic E-state index is 13.7. The van der Waals surface area contributed by atoms with E-state index in [9.17, 15) is 22.8 Å². The smallest absolute Gasteiger partial charge is 0.365 e. The third-order valence-electron chi connectivity index (χ3n) is 5.92. The number of amides is 2. The molecule has 194 valence electrons. The van der Waals surface area contributed by atoms with E-state index >= 15 is 0 Å². The Hall–Kier alpha value is -4.62. The SMILES string of the molecule is NC(=O)c1sc2nc(C(F)(F)F)cc(-c3ccccc3)c2c1NC(=O)c1cnn2c(-c3cccs3)ccnc12. The summed E-state index contributed by atoms with van der Waals surface area (Å²) in [6.07, 6.45) is -1.85. The van der Waals surface area contributed by atoms with E-state index in [0.717, 1.165) is 16.6 Å². The Balaban J connectivity index is 1.52. The zero-order chi connectivity index (χ0) is 27.3. The Morgan fingerprint density at radius 3 is 2.54 bits per heavy atom. The largest absolute Gasteiger partial charge is 0.433 e. The summed E-state index contributed by atoms with van der Waals surface area (Å²) in [5.41, 5.74) is 6.11. The molecule has 0 saturated heterocycles. The van der Waals surface area contributed by atoms with Crippen LogP contribution >= 0.6 is 22.7 Å². The monoisotopic (exact) mass is 564 g/mol. The minimum absolute atomic E-state index is 0.0265. The molecule has 5 heterocycles. The van der Waals surface area contributed by atoms with Crippen LogP contribution in [0.15, 0.2) is 72.4 Å². The maximum absolute atomic E-state index is 13.7. The van der Waals surface area contributed by atoms with E-state index < -0.39 is 23.7 Å². The van der Waals surface area contributed by atoms with Crippen molar-refractivity contribution in [2.45, 2.75) is 6.18 Å². The van der Waals surface area contributed by atoms with E-state index in [-0.39, 0.29) is 37.6 Å². The molecule has 2 amide bonds. The normalized spacial score (nSPS) is 11.8. The van der Waals surface area contributed by atoms with Crippen molar-refractivity contribution in [2.75, 3.05) is 5.32 Å². The Morgan fingerprint density at radius 1 is 1.05 bits per heavy atom. The van der Waals surface area contributed by atoms with Crippen LogP contribution in [0.5, 0.6) is 0 Å². The number of alkyl halides is 3. The first-order valence-corrected chi connectivity index (χ1v) is 13.0. The minimum atomic E-state index is -4.74. The molecule has 0 saturated carbocycles. The molecule has 0 unspecified atom stereocenters. The first kappa shape index (κ1) is 24.7. The number of nitrogens with one attached hydrogen (secondary N) is 1. The lowest BCUT2D eigenvalue weighted by molar-refractivity contribution is -0.140. The first-order valence-electron chi connectivity index (χ1n) is 11.3. The molecule has 3 N–H and O–H groups in total. The summed E-state index contributed by atoms with van der Waals surface area (Å²) < 4.78 is 42.7. The van der Waals surface area contributed by atoms with Crippen LogP contribution in [-0.4, -0.2) is 31.4 Å². The number of carbonyl (C=O) groups is 2. The second-order valence-corrected chi connectivity index (χ2v) is 10.3. The van der Waals surface area contributed by atoms with Gasteiger partial charge in [-0.2, -0.15) is 18.3 Å². The number of carbonyl (C=O) groups excluding carboxylic acids is 2. The third kappa shape index (κ3) is 4.30. The molecule has 6 rings (SSSR count). The number of primary amides is 1. The van der Waals surface area contributed by atoms with Gasteiger partial charge in [0.05, 0.1) is 22.5 Å². The highest BCUT2D eigenvalue weighted by molar-refractivity contribution is 7.21. The lowest BCUT2D eigenvalue weighted by atomic mass is 10.0. The van der Waals surface area contributed by atoms with Crippen LogP contribution in [0.2, 0.25) is 0 Å². The molecule has 0 aliphatic rings. The zero-order valence-corrected chi connectivity index (χ0v) is 21.2. The van der Waals surface area contributed by atoms with Gasteiger partial charge in [-0.25, -0.2) is 14.5 Å². The predicted molar refractivity (Wildman–Crippen MR) is 143 cm³/mol. The summed E-state index contributed by atoms with van der Waals surface area (Å²) in [5, 5.41) is 9.10. The maximum Gasteiger partial charge on any atom is 0.433 e. The average molecular weight is 565 g/mol. The number of hydrogen-bond donors (Lipinski definition) is 2. The lowest BCUT2D eigenvalue weighted by Crippen LogP contribution is -2.17. The first-order chi connectivity index (χ1) is 18.7. The number of rotatable bonds is 5. The van der Waals surface area contributed by atoms with Crippen molar-refractivity contribution in [3.05, 3.63) is 88.5 Å². The molecular formula is C26H15F3N6O2S2. The molecule has 13 heteroatoms. The number of pyridine rings is 1. The van der Waals surface area contributed by atoms with Crippen molar-refractivity contribution >= 4 is 56.0 Å². The zero-order valence-electron chi connectivity index (χ0n) is 19.6. The molecule has 5 aromatic heterocycles. The quantitative estimate of drug-likeness (QED) is 0.262. The van der Waals surface area contributed by atoms with Gasteiger partial charge in [0.1, 0.15) is 21.0 Å². The number of aromatic nitrogens is 4. The Kier molecular flexibility index (Phi) is 5.88. The fourth-order valence-electron chi connectivity index (χ4n) is 4.23. The lowest BCUT2D eigenvalue weighted by Gasteiger charge is -2.12. The summed E-state index contributed by atoms with van der Waals surface area (Å²) in [7, 11) is 0. The number of halogens is 3. The van der Waals surface area contributed by atoms with E-state index in [2.05, 4.69) is 20.4 Å². The van der Waals surface area contributed by atoms with Crippen LogP contribution < -0.4 is 11.1 Å². The summed E-state index contributed by atoms with van der Waals surface area (Å²) in [4.78, 5) is 34.7. The Bertz CT molecular complexity index is 1880. The molecule has 0 atom stereocenters. The predicted octanol–water partition coefficient (Wildman–Crippen LogP) is 6.10. The van der Waals surface area contributed by atoms with Gasteiger partial charge in [0.2, 0.25) is 0 Å². The van der Waals surface area contributed by atoms with E-state index in [1.165, 1.54) is 22.0 Å². The molecule has 0 aliphatic carbocycles. The Labute approximate surface area is 225 Å². The number of nitrogens with two attached hydrogens (primary N) is 1. The molecular weight excluding hydrogens is 549 g/mol. The molecule has 1 aromatic carbocycles. The fraction of sp³-hybridized carbons (Fsp3) is 0.0385. The molecule has 6 aromatic rings. The van der Waals surface area contributed by atoms with Gasteiger partial charge in [0, 0.05) is 11.6 Å². The van der Waals surface area contributed by atoms with Crippen LogP contribution in [0.4, 0.5) is 18.9 Å². The van der Waals surface area contributed by atoms with Gasteiger partial charge < -0.3 is 11.1 Å². The van der Waals surface area contributed by atoms with Crippen molar-refractivity contribution in [1.29, 1.82) is 0 Å². The molecule has 0 fully saturated rings. The van der Waals surface area contributed by atoms with E-state index in [1.807, 2.05) is 17.5 Å². The summed E-state index contributed by atoms with van der Waals surface area (Å²) in [6.45, 7) is 0. The van der Waals surface area contributed by atoms with Gasteiger partial charge in [0.15, 0.2) is 5.65 Å². The second kappa shape index (κ2) is 9.29. The number of benzene rings is 1. The van der Waals surface area contributed by atoms with Crippen molar-refractivity contribution < 1.29 is 22.8 Å². The van der Waals surface area contributed by atoms with Crippen LogP contribution in [0.25, 0.3) is 37.6 Å². The van der Waals surface area contributed by atoms with Crippen molar-refractivity contribution in [3.8, 4) is 21.7 Å². The third-order valence-corrected chi connectivity index (χ3v) is 7.91. The van der Waals surface area contributed by atoms with Crippen LogP contribution in [0.1, 0.15) is 25.7 Å². The number of anilines is 1. The van der Waals surface area contributed by atoms with Gasteiger partial charge in [-0.3, -0.25) is 9.59 Å². The van der Waals surface area contributed by atoms with E-state index in [4.69, 9.17) is 5.73 Å². The number of nitrogens with zero attached hydrogens (tertiary/aromatic N) is 4. The van der Waals surface area contributed by atoms with E-state index in [1.54, 1.807) is 42.6 Å². The van der Waals surface area contributed by atoms with Crippen LogP contribution in [0, 0.1) is 0 Å². The second-order valence-electron chi connectivity index (χ2n) is 8.32. The number of fused-ring (bicyclic) bond motifs is 2. The highest BCUT2D eigenvalue weighted by Crippen LogP contribution is 2.43. The summed E-state index contributed by atoms with van der Waals surface area (Å²) in [6, 6.07) is 14.8. The van der Waals surface area contributed by atoms with E-state index in [0.29, 0.717) is 16.9 Å². The Morgan fingerprint density at radius 2 is 1.85 bits per heavy atom. The van der Waals surface area contributed by atoms with Crippen LogP contribution in [-0.2, 0) is 6.18 Å². The van der Waals surface area contributed by atoms with Crippen molar-refractivity contribution in [3.63, 3.8) is 0 Å². The molecule has 0 bridgehead atoms. The summed E-state index contributed by atoms with van der Waals surface area (Å²) >= 11 is 2.17. The highest BCUT2D eigenvalue weighted by Gasteiger charge is 2.35.